The molecule has 5 N–H and O–H groups in total. The molecule has 0 bridgehead atoms. The van der Waals surface area contributed by atoms with Crippen molar-refractivity contribution in [3.05, 3.63) is 40.6 Å². The summed E-state index contributed by atoms with van der Waals surface area (Å²) in [6.07, 6.45) is -7.47. The second-order valence-corrected chi connectivity index (χ2v) is 7.99. The maximum atomic E-state index is 13.3. The van der Waals surface area contributed by atoms with Crippen LogP contribution in [0.1, 0.15) is 0 Å². The van der Waals surface area contributed by atoms with E-state index in [2.05, 4.69) is 0 Å². The van der Waals surface area contributed by atoms with Crippen LogP contribution in [0, 0.1) is 0 Å². The number of aromatic hydroxyl groups is 1. The van der Waals surface area contributed by atoms with E-state index in [-0.39, 0.29) is 45.5 Å². The van der Waals surface area contributed by atoms with Crippen LogP contribution in [0.15, 0.2) is 39.5 Å². The Balaban J connectivity index is 1.83. The van der Waals surface area contributed by atoms with Crippen molar-refractivity contribution in [1.82, 2.24) is 0 Å². The van der Waals surface area contributed by atoms with E-state index >= 15 is 0 Å². The quantitative estimate of drug-likeness (QED) is 0.298. The van der Waals surface area contributed by atoms with E-state index in [1.807, 2.05) is 0 Å². The van der Waals surface area contributed by atoms with E-state index in [4.69, 9.17) is 28.1 Å². The van der Waals surface area contributed by atoms with Crippen LogP contribution in [0.25, 0.3) is 22.3 Å². The van der Waals surface area contributed by atoms with Gasteiger partial charge in [-0.2, -0.15) is 0 Å². The monoisotopic (exact) mass is 506 g/mol. The zero-order valence-electron chi connectivity index (χ0n) is 19.6. The van der Waals surface area contributed by atoms with E-state index in [1.54, 1.807) is 0 Å². The minimum Gasteiger partial charge on any atom is -0.504 e. The Hall–Kier alpha value is -3.55. The fourth-order valence-corrected chi connectivity index (χ4v) is 3.97. The molecule has 12 heteroatoms. The average Bonchev–Trinajstić information content (AvgIpc) is 2.88. The van der Waals surface area contributed by atoms with E-state index in [0.29, 0.717) is 5.56 Å². The first-order valence-corrected chi connectivity index (χ1v) is 10.8. The molecule has 0 amide bonds. The standard InChI is InChI=1S/C24H26O12/c1-31-13-6-10(4-5-12(13)26)22-23(33-3)19(28)17-14(32-2)7-11(8-15(17)35-22)34-24-21(30)20(29)18(27)16(9-25)36-24/h4-8,16,18,20-21,24-27,29-30H,9H2,1-3H3/t16?,18-,20?,21+,24-/m1/s1. The number of phenolic OH excluding ortho intramolecular Hbond substituents is 1. The molecule has 2 unspecified atom stereocenters. The Morgan fingerprint density at radius 3 is 2.28 bits per heavy atom. The summed E-state index contributed by atoms with van der Waals surface area (Å²) in [5.74, 6) is 0.0616. The lowest BCUT2D eigenvalue weighted by Gasteiger charge is -2.39. The predicted octanol–water partition coefficient (Wildman–Crippen LogP) is 0.370. The third-order valence-corrected chi connectivity index (χ3v) is 5.86. The number of hydrogen-bond acceptors (Lipinski definition) is 12. The third-order valence-electron chi connectivity index (χ3n) is 5.86. The Bertz CT molecular complexity index is 1300. The molecule has 4 rings (SSSR count). The van der Waals surface area contributed by atoms with Gasteiger partial charge in [-0.05, 0) is 18.2 Å². The van der Waals surface area contributed by atoms with Crippen LogP contribution < -0.4 is 24.4 Å². The SMILES string of the molecule is COc1cc(-c2oc3cc(O[C@@H]4OC(CO)[C@@H](O)C(O)[C@@H]4O)cc(OC)c3c(=O)c2OC)ccc1O. The van der Waals surface area contributed by atoms with Gasteiger partial charge in [-0.1, -0.05) is 0 Å². The molecule has 36 heavy (non-hydrogen) atoms. The summed E-state index contributed by atoms with van der Waals surface area (Å²) in [6.45, 7) is -0.625. The van der Waals surface area contributed by atoms with Gasteiger partial charge in [0.2, 0.25) is 17.5 Å². The minimum atomic E-state index is -1.65. The number of hydrogen-bond donors (Lipinski definition) is 5. The fourth-order valence-electron chi connectivity index (χ4n) is 3.97. The molecule has 5 atom stereocenters. The predicted molar refractivity (Wildman–Crippen MR) is 124 cm³/mol. The maximum Gasteiger partial charge on any atom is 0.239 e. The van der Waals surface area contributed by atoms with Crippen LogP contribution in [0.4, 0.5) is 0 Å². The van der Waals surface area contributed by atoms with Gasteiger partial charge in [-0.3, -0.25) is 4.79 Å². The second-order valence-electron chi connectivity index (χ2n) is 7.99. The topological polar surface area (TPSA) is 178 Å². The van der Waals surface area contributed by atoms with Gasteiger partial charge in [0, 0.05) is 17.7 Å². The lowest BCUT2D eigenvalue weighted by molar-refractivity contribution is -0.277. The normalized spacial score (nSPS) is 23.9. The van der Waals surface area contributed by atoms with Crippen molar-refractivity contribution in [2.24, 2.45) is 0 Å². The smallest absolute Gasteiger partial charge is 0.239 e. The summed E-state index contributed by atoms with van der Waals surface area (Å²) in [4.78, 5) is 13.3. The molecule has 1 aromatic heterocycles. The number of aliphatic hydroxyl groups excluding tert-OH is 4. The largest absolute Gasteiger partial charge is 0.504 e. The second kappa shape index (κ2) is 10.2. The van der Waals surface area contributed by atoms with Crippen molar-refractivity contribution >= 4 is 11.0 Å². The molecule has 2 aromatic carbocycles. The Kier molecular flexibility index (Phi) is 7.24. The molecular weight excluding hydrogens is 480 g/mol. The van der Waals surface area contributed by atoms with Gasteiger partial charge in [0.15, 0.2) is 17.3 Å². The van der Waals surface area contributed by atoms with Crippen molar-refractivity contribution in [3.8, 4) is 40.1 Å². The molecule has 0 saturated carbocycles. The first-order valence-electron chi connectivity index (χ1n) is 10.8. The minimum absolute atomic E-state index is 0.0294. The third kappa shape index (κ3) is 4.40. The van der Waals surface area contributed by atoms with Crippen molar-refractivity contribution in [3.63, 3.8) is 0 Å². The van der Waals surface area contributed by atoms with E-state index in [1.165, 1.54) is 51.7 Å². The number of phenols is 1. The van der Waals surface area contributed by atoms with Crippen molar-refractivity contribution < 1.29 is 53.6 Å². The van der Waals surface area contributed by atoms with Crippen LogP contribution in [0.3, 0.4) is 0 Å². The number of ether oxygens (including phenoxy) is 5. The highest BCUT2D eigenvalue weighted by atomic mass is 16.7. The van der Waals surface area contributed by atoms with Gasteiger partial charge in [0.25, 0.3) is 0 Å². The Labute approximate surface area is 204 Å². The fraction of sp³-hybridized carbons (Fsp3) is 0.375. The average molecular weight is 506 g/mol. The molecule has 1 fully saturated rings. The van der Waals surface area contributed by atoms with Gasteiger partial charge < -0.3 is 53.6 Å². The summed E-state index contributed by atoms with van der Waals surface area (Å²) >= 11 is 0. The van der Waals surface area contributed by atoms with Crippen molar-refractivity contribution in [2.75, 3.05) is 27.9 Å². The number of aliphatic hydroxyl groups is 4. The van der Waals surface area contributed by atoms with Crippen LogP contribution in [0.5, 0.6) is 28.7 Å². The van der Waals surface area contributed by atoms with Crippen LogP contribution >= 0.6 is 0 Å². The zero-order chi connectivity index (χ0) is 26.1. The highest BCUT2D eigenvalue weighted by Crippen LogP contribution is 2.39. The van der Waals surface area contributed by atoms with Crippen LogP contribution in [0.2, 0.25) is 0 Å². The molecule has 1 aliphatic rings. The molecule has 1 saturated heterocycles. The molecule has 0 aliphatic carbocycles. The molecule has 194 valence electrons. The molecule has 12 nitrogen and oxygen atoms in total. The van der Waals surface area contributed by atoms with Crippen LogP contribution in [-0.2, 0) is 4.74 Å². The van der Waals surface area contributed by atoms with Gasteiger partial charge in [0.05, 0.1) is 27.9 Å². The van der Waals surface area contributed by atoms with Crippen molar-refractivity contribution in [1.29, 1.82) is 0 Å². The summed E-state index contributed by atoms with van der Waals surface area (Å²) in [6, 6.07) is 7.05. The zero-order valence-corrected chi connectivity index (χ0v) is 19.6. The highest BCUT2D eigenvalue weighted by molar-refractivity contribution is 5.88. The number of benzene rings is 2. The molecular formula is C24H26O12. The lowest BCUT2D eigenvalue weighted by Crippen LogP contribution is -2.60. The first-order chi connectivity index (χ1) is 17.2. The molecule has 2 heterocycles. The van der Waals surface area contributed by atoms with Gasteiger partial charge >= 0.3 is 0 Å². The molecule has 0 spiro atoms. The van der Waals surface area contributed by atoms with Gasteiger partial charge in [-0.25, -0.2) is 0 Å². The molecule has 1 aliphatic heterocycles. The van der Waals surface area contributed by atoms with E-state index < -0.39 is 42.7 Å². The lowest BCUT2D eigenvalue weighted by atomic mass is 9.99. The van der Waals surface area contributed by atoms with Crippen LogP contribution in [-0.4, -0.2) is 84.2 Å². The van der Waals surface area contributed by atoms with Crippen molar-refractivity contribution in [2.45, 2.75) is 30.7 Å². The summed E-state index contributed by atoms with van der Waals surface area (Å²) in [7, 11) is 4.01. The molecule has 0 radical (unpaired) electrons. The van der Waals surface area contributed by atoms with E-state index in [9.17, 15) is 30.3 Å². The summed E-state index contributed by atoms with van der Waals surface area (Å²) in [5, 5.41) is 49.7. The van der Waals surface area contributed by atoms with E-state index in [0.717, 1.165) is 0 Å². The number of fused-ring (bicyclic) bond motifs is 1. The van der Waals surface area contributed by atoms with Gasteiger partial charge in [-0.15, -0.1) is 0 Å². The summed E-state index contributed by atoms with van der Waals surface area (Å²) in [5.41, 5.74) is -0.140. The number of methoxy groups -OCH3 is 3. The van der Waals surface area contributed by atoms with Gasteiger partial charge in [0.1, 0.15) is 46.9 Å². The maximum absolute atomic E-state index is 13.3. The highest BCUT2D eigenvalue weighted by Gasteiger charge is 2.44. The molecule has 3 aromatic rings. The first kappa shape index (κ1) is 25.5. The number of rotatable bonds is 7. The Morgan fingerprint density at radius 2 is 1.64 bits per heavy atom. The Morgan fingerprint density at radius 1 is 0.917 bits per heavy atom. The summed E-state index contributed by atoms with van der Waals surface area (Å²) < 4.78 is 32.9.